The summed E-state index contributed by atoms with van der Waals surface area (Å²) in [6.07, 6.45) is -4.76. The standard InChI is InChI=1S/C15H22F3N5O.HI/c1-22-7-8-23(2)11(10-22)9-20-14(19)21-12-5-3-4-6-13(12)24-15(16,17)18;/h3-6,11H,7-10H2,1-2H3,(H3,19,20,21);1H. The molecule has 10 heteroatoms. The first-order valence-corrected chi connectivity index (χ1v) is 7.55. The van der Waals surface area contributed by atoms with Gasteiger partial charge in [-0.25, -0.2) is 0 Å². The van der Waals surface area contributed by atoms with Crippen molar-refractivity contribution in [3.63, 3.8) is 0 Å². The van der Waals surface area contributed by atoms with Crippen LogP contribution in [0, 0.1) is 0 Å². The summed E-state index contributed by atoms with van der Waals surface area (Å²) in [5, 5.41) is 2.67. The third-order valence-electron chi connectivity index (χ3n) is 3.83. The van der Waals surface area contributed by atoms with Crippen molar-refractivity contribution in [2.45, 2.75) is 12.4 Å². The van der Waals surface area contributed by atoms with E-state index >= 15 is 0 Å². The molecule has 3 N–H and O–H groups in total. The Balaban J connectivity index is 0.00000312. The monoisotopic (exact) mass is 473 g/mol. The number of nitrogens with one attached hydrogen (secondary N) is 1. The number of hydrogen-bond acceptors (Lipinski definition) is 4. The molecule has 1 unspecified atom stereocenters. The molecular weight excluding hydrogens is 450 g/mol. The molecule has 2 rings (SSSR count). The number of anilines is 1. The highest BCUT2D eigenvalue weighted by molar-refractivity contribution is 14.0. The molecule has 0 saturated carbocycles. The zero-order chi connectivity index (χ0) is 17.7. The van der Waals surface area contributed by atoms with Crippen LogP contribution >= 0.6 is 24.0 Å². The molecule has 1 fully saturated rings. The fourth-order valence-electron chi connectivity index (χ4n) is 2.46. The zero-order valence-corrected chi connectivity index (χ0v) is 16.4. The molecule has 0 radical (unpaired) electrons. The van der Waals surface area contributed by atoms with Gasteiger partial charge in [-0.05, 0) is 26.2 Å². The number of nitrogens with two attached hydrogens (primary N) is 1. The number of alkyl halides is 3. The Morgan fingerprint density at radius 3 is 2.68 bits per heavy atom. The highest BCUT2D eigenvalue weighted by atomic mass is 127. The number of benzene rings is 1. The fourth-order valence-corrected chi connectivity index (χ4v) is 2.46. The van der Waals surface area contributed by atoms with Gasteiger partial charge in [0.05, 0.1) is 12.2 Å². The van der Waals surface area contributed by atoms with Crippen LogP contribution in [0.4, 0.5) is 18.9 Å². The number of likely N-dealkylation sites (N-methyl/N-ethyl adjacent to an activating group) is 2. The van der Waals surface area contributed by atoms with Gasteiger partial charge in [0.15, 0.2) is 11.7 Å². The van der Waals surface area contributed by atoms with Gasteiger partial charge in [0.2, 0.25) is 0 Å². The van der Waals surface area contributed by atoms with Gasteiger partial charge in [0.1, 0.15) is 0 Å². The maximum Gasteiger partial charge on any atom is 0.573 e. The molecule has 0 aromatic heterocycles. The molecule has 0 aliphatic carbocycles. The van der Waals surface area contributed by atoms with Gasteiger partial charge < -0.3 is 20.7 Å². The summed E-state index contributed by atoms with van der Waals surface area (Å²) in [4.78, 5) is 8.64. The minimum Gasteiger partial charge on any atom is -0.404 e. The van der Waals surface area contributed by atoms with Gasteiger partial charge in [-0.15, -0.1) is 37.1 Å². The number of halogens is 4. The van der Waals surface area contributed by atoms with Crippen LogP contribution in [0.5, 0.6) is 5.75 Å². The average Bonchev–Trinajstić information content (AvgIpc) is 2.49. The van der Waals surface area contributed by atoms with E-state index in [1.807, 2.05) is 14.1 Å². The molecule has 1 aromatic rings. The minimum absolute atomic E-state index is 0. The van der Waals surface area contributed by atoms with Crippen LogP contribution in [-0.4, -0.2) is 68.4 Å². The molecule has 0 spiro atoms. The van der Waals surface area contributed by atoms with Crippen molar-refractivity contribution in [3.8, 4) is 5.75 Å². The van der Waals surface area contributed by atoms with Crippen molar-refractivity contribution < 1.29 is 17.9 Å². The molecule has 1 aliphatic heterocycles. The molecule has 1 saturated heterocycles. The smallest absolute Gasteiger partial charge is 0.404 e. The van der Waals surface area contributed by atoms with Crippen molar-refractivity contribution in [1.82, 2.24) is 9.80 Å². The van der Waals surface area contributed by atoms with E-state index in [0.29, 0.717) is 6.54 Å². The number of piperazine rings is 1. The second-order valence-electron chi connectivity index (χ2n) is 5.79. The number of rotatable bonds is 4. The summed E-state index contributed by atoms with van der Waals surface area (Å²) in [6, 6.07) is 5.91. The molecule has 1 heterocycles. The Labute approximate surface area is 162 Å². The van der Waals surface area contributed by atoms with Gasteiger partial charge in [-0.1, -0.05) is 12.1 Å². The molecule has 25 heavy (non-hydrogen) atoms. The van der Waals surface area contributed by atoms with Crippen molar-refractivity contribution in [2.24, 2.45) is 10.7 Å². The molecule has 1 aliphatic rings. The molecule has 0 amide bonds. The van der Waals surface area contributed by atoms with Crippen molar-refractivity contribution >= 4 is 35.6 Å². The van der Waals surface area contributed by atoms with Crippen molar-refractivity contribution in [1.29, 1.82) is 0 Å². The second kappa shape index (κ2) is 9.43. The average molecular weight is 473 g/mol. The summed E-state index contributed by atoms with van der Waals surface area (Å²) in [5.41, 5.74) is 5.92. The molecule has 142 valence electrons. The lowest BCUT2D eigenvalue weighted by molar-refractivity contribution is -0.274. The Kier molecular flexibility index (Phi) is 8.22. The Hall–Kier alpha value is -1.27. The first kappa shape index (κ1) is 21.8. The number of para-hydroxylation sites is 2. The van der Waals surface area contributed by atoms with Crippen molar-refractivity contribution in [2.75, 3.05) is 45.6 Å². The second-order valence-corrected chi connectivity index (χ2v) is 5.79. The van der Waals surface area contributed by atoms with E-state index in [-0.39, 0.29) is 47.4 Å². The third kappa shape index (κ3) is 7.24. The highest BCUT2D eigenvalue weighted by Crippen LogP contribution is 2.29. The van der Waals surface area contributed by atoms with Crippen molar-refractivity contribution in [3.05, 3.63) is 24.3 Å². The van der Waals surface area contributed by atoms with E-state index in [9.17, 15) is 13.2 Å². The van der Waals surface area contributed by atoms with Crippen LogP contribution in [0.3, 0.4) is 0 Å². The van der Waals surface area contributed by atoms with E-state index in [0.717, 1.165) is 19.6 Å². The van der Waals surface area contributed by atoms with Gasteiger partial charge in [-0.3, -0.25) is 9.89 Å². The predicted octanol–water partition coefficient (Wildman–Crippen LogP) is 2.18. The summed E-state index contributed by atoms with van der Waals surface area (Å²) >= 11 is 0. The van der Waals surface area contributed by atoms with Crippen LogP contribution < -0.4 is 15.8 Å². The van der Waals surface area contributed by atoms with E-state index in [1.165, 1.54) is 18.2 Å². The number of ether oxygens (including phenoxy) is 1. The maximum absolute atomic E-state index is 12.4. The van der Waals surface area contributed by atoms with E-state index in [4.69, 9.17) is 5.73 Å². The van der Waals surface area contributed by atoms with Crippen LogP contribution in [0.2, 0.25) is 0 Å². The largest absolute Gasteiger partial charge is 0.573 e. The van der Waals surface area contributed by atoms with E-state index < -0.39 is 6.36 Å². The van der Waals surface area contributed by atoms with Gasteiger partial charge in [0.25, 0.3) is 0 Å². The Bertz CT molecular complexity index is 585. The number of hydrogen-bond donors (Lipinski definition) is 2. The Morgan fingerprint density at radius 2 is 2.00 bits per heavy atom. The van der Waals surface area contributed by atoms with E-state index in [2.05, 4.69) is 24.8 Å². The third-order valence-corrected chi connectivity index (χ3v) is 3.83. The molecule has 0 bridgehead atoms. The van der Waals surface area contributed by atoms with Crippen LogP contribution in [0.15, 0.2) is 29.3 Å². The summed E-state index contributed by atoms with van der Waals surface area (Å²) < 4.78 is 41.2. The lowest BCUT2D eigenvalue weighted by Crippen LogP contribution is -2.51. The number of guanidine groups is 1. The first-order chi connectivity index (χ1) is 11.2. The minimum atomic E-state index is -4.76. The summed E-state index contributed by atoms with van der Waals surface area (Å²) in [7, 11) is 4.05. The number of nitrogens with zero attached hydrogens (tertiary/aromatic N) is 3. The predicted molar refractivity (Wildman–Crippen MR) is 103 cm³/mol. The first-order valence-electron chi connectivity index (χ1n) is 7.55. The van der Waals surface area contributed by atoms with E-state index in [1.54, 1.807) is 6.07 Å². The lowest BCUT2D eigenvalue weighted by atomic mass is 10.2. The Morgan fingerprint density at radius 1 is 1.32 bits per heavy atom. The van der Waals surface area contributed by atoms with Crippen LogP contribution in [-0.2, 0) is 0 Å². The maximum atomic E-state index is 12.4. The lowest BCUT2D eigenvalue weighted by Gasteiger charge is -2.36. The molecular formula is C15H23F3IN5O. The highest BCUT2D eigenvalue weighted by Gasteiger charge is 2.32. The van der Waals surface area contributed by atoms with Crippen LogP contribution in [0.1, 0.15) is 0 Å². The topological polar surface area (TPSA) is 66.1 Å². The summed E-state index contributed by atoms with van der Waals surface area (Å²) in [6.45, 7) is 3.25. The van der Waals surface area contributed by atoms with Crippen LogP contribution in [0.25, 0.3) is 0 Å². The molecule has 1 aromatic carbocycles. The van der Waals surface area contributed by atoms with Gasteiger partial charge >= 0.3 is 6.36 Å². The normalized spacial score (nSPS) is 20.0. The summed E-state index contributed by atoms with van der Waals surface area (Å²) in [5.74, 6) is -0.299. The molecule has 6 nitrogen and oxygen atoms in total. The quantitative estimate of drug-likeness (QED) is 0.399. The fraction of sp³-hybridized carbons (Fsp3) is 0.533. The zero-order valence-electron chi connectivity index (χ0n) is 14.1. The molecule has 1 atom stereocenters. The van der Waals surface area contributed by atoms with Gasteiger partial charge in [0, 0.05) is 25.7 Å². The van der Waals surface area contributed by atoms with Gasteiger partial charge in [-0.2, -0.15) is 0 Å². The SMILES string of the molecule is CN1CCN(C)C(CN=C(N)Nc2ccccc2OC(F)(F)F)C1.I. The number of aliphatic imine (C=N–C) groups is 1.